The van der Waals surface area contributed by atoms with Crippen LogP contribution in [0.3, 0.4) is 0 Å². The number of carbonyl (C=O) groups is 2. The van der Waals surface area contributed by atoms with Gasteiger partial charge in [0.05, 0.1) is 17.9 Å². The van der Waals surface area contributed by atoms with Gasteiger partial charge in [0.25, 0.3) is 0 Å². The van der Waals surface area contributed by atoms with Crippen molar-refractivity contribution >= 4 is 35.3 Å². The van der Waals surface area contributed by atoms with E-state index in [0.717, 1.165) is 11.8 Å². The lowest BCUT2D eigenvalue weighted by Gasteiger charge is -2.11. The Kier molecular flexibility index (Phi) is 6.87. The first-order valence-electron chi connectivity index (χ1n) is 7.84. The Labute approximate surface area is 160 Å². The molecule has 0 bridgehead atoms. The number of benzene rings is 1. The van der Waals surface area contributed by atoms with Crippen LogP contribution in [0.5, 0.6) is 5.75 Å². The fraction of sp³-hybridized carbons (Fsp3) is 0.375. The molecule has 1 atom stereocenters. The van der Waals surface area contributed by atoms with Gasteiger partial charge >= 0.3 is 6.03 Å². The largest absolute Gasteiger partial charge is 0.496 e. The Hall–Kier alpha value is -2.26. The lowest BCUT2D eigenvalue weighted by molar-refractivity contribution is -0.119. The van der Waals surface area contributed by atoms with Crippen LogP contribution >= 0.6 is 23.4 Å². The van der Waals surface area contributed by atoms with Gasteiger partial charge in [-0.3, -0.25) is 15.2 Å². The number of hydrogen-bond acceptors (Lipinski definition) is 6. The normalized spacial score (nSPS) is 11.9. The molecular weight excluding hydrogens is 378 g/mol. The molecule has 140 valence electrons. The summed E-state index contributed by atoms with van der Waals surface area (Å²) in [7, 11) is 1.55. The van der Waals surface area contributed by atoms with E-state index in [4.69, 9.17) is 16.3 Å². The van der Waals surface area contributed by atoms with E-state index in [-0.39, 0.29) is 6.04 Å². The van der Waals surface area contributed by atoms with Crippen molar-refractivity contribution in [3.8, 4) is 17.1 Å². The summed E-state index contributed by atoms with van der Waals surface area (Å²) < 4.78 is 5.30. The second kappa shape index (κ2) is 8.91. The number of nitrogens with one attached hydrogen (secondary N) is 3. The number of hydrogen-bond donors (Lipinski definition) is 3. The Morgan fingerprint density at radius 1 is 1.31 bits per heavy atom. The van der Waals surface area contributed by atoms with Crippen LogP contribution in [-0.4, -0.2) is 45.5 Å². The summed E-state index contributed by atoms with van der Waals surface area (Å²) in [5.74, 6) is 0.634. The molecule has 0 radical (unpaired) electrons. The van der Waals surface area contributed by atoms with Crippen LogP contribution < -0.4 is 15.4 Å². The number of aromatic nitrogens is 3. The van der Waals surface area contributed by atoms with Crippen molar-refractivity contribution in [2.45, 2.75) is 37.2 Å². The van der Waals surface area contributed by atoms with Crippen molar-refractivity contribution in [2.24, 2.45) is 0 Å². The van der Waals surface area contributed by atoms with Crippen molar-refractivity contribution < 1.29 is 14.3 Å². The molecule has 3 amide bonds. The number of imide groups is 1. The highest BCUT2D eigenvalue weighted by Gasteiger charge is 2.20. The summed E-state index contributed by atoms with van der Waals surface area (Å²) in [4.78, 5) is 28.0. The molecule has 2 aromatic rings. The Morgan fingerprint density at radius 2 is 2.04 bits per heavy atom. The van der Waals surface area contributed by atoms with Crippen LogP contribution in [0.4, 0.5) is 4.79 Å². The quantitative estimate of drug-likeness (QED) is 0.646. The highest BCUT2D eigenvalue weighted by molar-refractivity contribution is 8.00. The highest BCUT2D eigenvalue weighted by Crippen LogP contribution is 2.31. The third kappa shape index (κ3) is 5.37. The van der Waals surface area contributed by atoms with Crippen LogP contribution in [0.15, 0.2) is 23.4 Å². The van der Waals surface area contributed by atoms with E-state index in [0.29, 0.717) is 27.3 Å². The Balaban J connectivity index is 2.05. The van der Waals surface area contributed by atoms with Crippen molar-refractivity contribution in [1.29, 1.82) is 0 Å². The molecule has 3 N–H and O–H groups in total. The van der Waals surface area contributed by atoms with Crippen molar-refractivity contribution in [1.82, 2.24) is 25.8 Å². The van der Waals surface area contributed by atoms with E-state index in [2.05, 4.69) is 25.8 Å². The standard InChI is InChI=1S/C16H20ClN5O3S/c1-8(2)18-15(24)20-14(23)9(3)26-16-19-13(21-22-16)11-7-10(17)5-6-12(11)25-4/h5-9H,1-4H3,(H,19,21,22)(H2,18,20,23,24)/t9-/m1/s1. The molecule has 0 aliphatic carbocycles. The minimum absolute atomic E-state index is 0.0611. The molecule has 1 aromatic carbocycles. The molecule has 0 unspecified atom stereocenters. The summed E-state index contributed by atoms with van der Waals surface area (Å²) in [6.45, 7) is 5.28. The van der Waals surface area contributed by atoms with Crippen LogP contribution in [0.2, 0.25) is 5.02 Å². The number of nitrogens with zero attached hydrogens (tertiary/aromatic N) is 2. The zero-order chi connectivity index (χ0) is 19.3. The van der Waals surface area contributed by atoms with Gasteiger partial charge in [0.2, 0.25) is 11.1 Å². The molecule has 2 rings (SSSR count). The summed E-state index contributed by atoms with van der Waals surface area (Å²) in [5.41, 5.74) is 0.660. The Bertz CT molecular complexity index is 796. The van der Waals surface area contributed by atoms with Crippen molar-refractivity contribution in [3.05, 3.63) is 23.2 Å². The maximum Gasteiger partial charge on any atom is 0.321 e. The van der Waals surface area contributed by atoms with Gasteiger partial charge in [0.1, 0.15) is 5.75 Å². The van der Waals surface area contributed by atoms with E-state index >= 15 is 0 Å². The molecule has 0 fully saturated rings. The number of carbonyl (C=O) groups excluding carboxylic acids is 2. The summed E-state index contributed by atoms with van der Waals surface area (Å²) in [6, 6.07) is 4.56. The SMILES string of the molecule is COc1ccc(Cl)cc1-c1nc(S[C@H](C)C(=O)NC(=O)NC(C)C)n[nH]1. The van der Waals surface area contributed by atoms with Gasteiger partial charge in [0.15, 0.2) is 5.82 Å². The highest BCUT2D eigenvalue weighted by atomic mass is 35.5. The number of urea groups is 1. The third-order valence-corrected chi connectivity index (χ3v) is 4.39. The number of rotatable bonds is 6. The van der Waals surface area contributed by atoms with E-state index in [9.17, 15) is 9.59 Å². The van der Waals surface area contributed by atoms with E-state index in [1.807, 2.05) is 13.8 Å². The van der Waals surface area contributed by atoms with E-state index in [1.54, 1.807) is 32.2 Å². The van der Waals surface area contributed by atoms with E-state index in [1.165, 1.54) is 0 Å². The third-order valence-electron chi connectivity index (χ3n) is 3.19. The van der Waals surface area contributed by atoms with Crippen molar-refractivity contribution in [2.75, 3.05) is 7.11 Å². The fourth-order valence-corrected chi connectivity index (χ4v) is 2.90. The zero-order valence-corrected chi connectivity index (χ0v) is 16.4. The molecule has 8 nitrogen and oxygen atoms in total. The molecular formula is C16H20ClN5O3S. The molecule has 1 heterocycles. The minimum atomic E-state index is -0.558. The number of halogens is 1. The predicted octanol–water partition coefficient (Wildman–Crippen LogP) is 2.85. The van der Waals surface area contributed by atoms with Gasteiger partial charge in [-0.25, -0.2) is 9.78 Å². The van der Waals surface area contributed by atoms with Gasteiger partial charge < -0.3 is 10.1 Å². The van der Waals surface area contributed by atoms with Crippen molar-refractivity contribution in [3.63, 3.8) is 0 Å². The number of ether oxygens (including phenoxy) is 1. The van der Waals surface area contributed by atoms with Crippen LogP contribution in [0, 0.1) is 0 Å². The number of amides is 3. The molecule has 0 aliphatic heterocycles. The lowest BCUT2D eigenvalue weighted by Crippen LogP contribution is -2.45. The topological polar surface area (TPSA) is 109 Å². The Morgan fingerprint density at radius 3 is 2.69 bits per heavy atom. The average Bonchev–Trinajstić information content (AvgIpc) is 3.02. The van der Waals surface area contributed by atoms with Gasteiger partial charge in [-0.05, 0) is 39.0 Å². The first-order valence-corrected chi connectivity index (χ1v) is 9.10. The van der Waals surface area contributed by atoms with Gasteiger partial charge in [-0.15, -0.1) is 5.10 Å². The number of aromatic amines is 1. The summed E-state index contributed by atoms with van der Waals surface area (Å²) >= 11 is 7.15. The second-order valence-electron chi connectivity index (χ2n) is 5.69. The smallest absolute Gasteiger partial charge is 0.321 e. The van der Waals surface area contributed by atoms with Gasteiger partial charge in [-0.1, -0.05) is 23.4 Å². The molecule has 0 aliphatic rings. The van der Waals surface area contributed by atoms with Gasteiger partial charge in [0, 0.05) is 11.1 Å². The fourth-order valence-electron chi connectivity index (χ4n) is 2.01. The molecule has 26 heavy (non-hydrogen) atoms. The van der Waals surface area contributed by atoms with Crippen LogP contribution in [0.1, 0.15) is 20.8 Å². The maximum atomic E-state index is 12.1. The number of thioether (sulfide) groups is 1. The monoisotopic (exact) mass is 397 g/mol. The first-order chi connectivity index (χ1) is 12.3. The van der Waals surface area contributed by atoms with Crippen LogP contribution in [-0.2, 0) is 4.79 Å². The minimum Gasteiger partial charge on any atom is -0.496 e. The second-order valence-corrected chi connectivity index (χ2v) is 7.43. The predicted molar refractivity (Wildman–Crippen MR) is 101 cm³/mol. The maximum absolute atomic E-state index is 12.1. The number of H-pyrrole nitrogens is 1. The molecule has 10 heteroatoms. The summed E-state index contributed by atoms with van der Waals surface area (Å²) in [6.07, 6.45) is 0. The molecule has 0 spiro atoms. The average molecular weight is 398 g/mol. The van der Waals surface area contributed by atoms with Crippen LogP contribution in [0.25, 0.3) is 11.4 Å². The molecule has 0 saturated carbocycles. The van der Waals surface area contributed by atoms with E-state index < -0.39 is 17.2 Å². The molecule has 0 saturated heterocycles. The summed E-state index contributed by atoms with van der Waals surface area (Å²) in [5, 5.41) is 12.1. The lowest BCUT2D eigenvalue weighted by atomic mass is 10.2. The first kappa shape index (κ1) is 20.1. The van der Waals surface area contributed by atoms with Gasteiger partial charge in [-0.2, -0.15) is 0 Å². The number of methoxy groups -OCH3 is 1. The zero-order valence-electron chi connectivity index (χ0n) is 14.8. The molecule has 1 aromatic heterocycles.